The second kappa shape index (κ2) is 12.3. The van der Waals surface area contributed by atoms with Gasteiger partial charge in [0.25, 0.3) is 0 Å². The first kappa shape index (κ1) is 16.8. The van der Waals surface area contributed by atoms with Crippen LogP contribution in [0.5, 0.6) is 0 Å². The van der Waals surface area contributed by atoms with E-state index in [0.29, 0.717) is 25.4 Å². The van der Waals surface area contributed by atoms with Crippen LogP contribution in [0.15, 0.2) is 0 Å². The number of nitrogens with one attached hydrogen (secondary N) is 2. The summed E-state index contributed by atoms with van der Waals surface area (Å²) in [6, 6.07) is 0.540. The predicted octanol–water partition coefficient (Wildman–Crippen LogP) is 1.46. The molecule has 0 rings (SSSR count). The number of hydrogen-bond acceptors (Lipinski definition) is 5. The topological polar surface area (TPSA) is 58.2 Å². The molecule has 0 atom stereocenters. The minimum absolute atomic E-state index is 0.0378. The van der Waals surface area contributed by atoms with Crippen LogP contribution in [-0.2, 0) is 9.59 Å². The zero-order valence-corrected chi connectivity index (χ0v) is 12.2. The monoisotopic (exact) mass is 278 g/mol. The summed E-state index contributed by atoms with van der Waals surface area (Å²) in [5, 5.41) is 6.12. The molecule has 0 spiro atoms. The summed E-state index contributed by atoms with van der Waals surface area (Å²) in [7, 11) is 3.57. The molecule has 100 valence electrons. The van der Waals surface area contributed by atoms with Crippen LogP contribution in [0.4, 0.5) is 0 Å². The lowest BCUT2D eigenvalue weighted by Gasteiger charge is -2.07. The lowest BCUT2D eigenvalue weighted by Crippen LogP contribution is -2.25. The minimum Gasteiger partial charge on any atom is -0.355 e. The quantitative estimate of drug-likeness (QED) is 0.340. The van der Waals surface area contributed by atoms with E-state index in [2.05, 4.69) is 24.5 Å². The second-order valence-corrected chi connectivity index (χ2v) is 6.51. The molecule has 0 saturated heterocycles. The van der Waals surface area contributed by atoms with Crippen LogP contribution in [0.1, 0.15) is 26.7 Å². The number of amides is 1. The Balaban J connectivity index is 3.12. The molecular weight excluding hydrogens is 256 g/mol. The Kier molecular flexibility index (Phi) is 12.1. The smallest absolute Gasteiger partial charge is 0.220 e. The van der Waals surface area contributed by atoms with E-state index in [1.54, 1.807) is 10.8 Å². The van der Waals surface area contributed by atoms with E-state index in [0.717, 1.165) is 24.3 Å². The summed E-state index contributed by atoms with van der Waals surface area (Å²) in [6.45, 7) is 5.95. The molecule has 4 nitrogen and oxygen atoms in total. The van der Waals surface area contributed by atoms with Gasteiger partial charge in [0, 0.05) is 43.5 Å². The molecule has 0 aliphatic carbocycles. The molecule has 6 heteroatoms. The van der Waals surface area contributed by atoms with Gasteiger partial charge in [-0.3, -0.25) is 4.79 Å². The third-order valence-electron chi connectivity index (χ3n) is 1.82. The lowest BCUT2D eigenvalue weighted by atomic mass is 10.3. The standard InChI is InChI=1S/C11H22N2O2S2/c1-10(2)12-5-8-16-17-9-6-13-11(15)4-3-7-14/h7,10,12H,3-6,8-9H2,1-2H3,(H,13,15). The van der Waals surface area contributed by atoms with Crippen LogP contribution >= 0.6 is 21.6 Å². The molecule has 0 aliphatic heterocycles. The van der Waals surface area contributed by atoms with Crippen molar-refractivity contribution >= 4 is 33.8 Å². The lowest BCUT2D eigenvalue weighted by molar-refractivity contribution is -0.122. The highest BCUT2D eigenvalue weighted by molar-refractivity contribution is 8.76. The highest BCUT2D eigenvalue weighted by Crippen LogP contribution is 2.19. The summed E-state index contributed by atoms with van der Waals surface area (Å²) < 4.78 is 0. The van der Waals surface area contributed by atoms with Crippen molar-refractivity contribution < 1.29 is 9.59 Å². The molecule has 17 heavy (non-hydrogen) atoms. The predicted molar refractivity (Wildman–Crippen MR) is 76.4 cm³/mol. The maximum Gasteiger partial charge on any atom is 0.220 e. The largest absolute Gasteiger partial charge is 0.355 e. The highest BCUT2D eigenvalue weighted by atomic mass is 33.1. The molecule has 0 saturated carbocycles. The Hall–Kier alpha value is -0.200. The third kappa shape index (κ3) is 13.7. The number of carbonyl (C=O) groups excluding carboxylic acids is 2. The van der Waals surface area contributed by atoms with Crippen molar-refractivity contribution in [2.24, 2.45) is 0 Å². The van der Waals surface area contributed by atoms with Gasteiger partial charge in [0.2, 0.25) is 5.91 Å². The van der Waals surface area contributed by atoms with Gasteiger partial charge in [0.15, 0.2) is 0 Å². The van der Waals surface area contributed by atoms with Crippen molar-refractivity contribution in [1.82, 2.24) is 10.6 Å². The van der Waals surface area contributed by atoms with Crippen molar-refractivity contribution in [3.05, 3.63) is 0 Å². The van der Waals surface area contributed by atoms with Gasteiger partial charge in [-0.25, -0.2) is 0 Å². The minimum atomic E-state index is -0.0378. The van der Waals surface area contributed by atoms with Crippen molar-refractivity contribution in [1.29, 1.82) is 0 Å². The normalized spacial score (nSPS) is 10.5. The molecule has 0 aromatic carbocycles. The van der Waals surface area contributed by atoms with E-state index in [1.165, 1.54) is 0 Å². The van der Waals surface area contributed by atoms with Crippen molar-refractivity contribution in [2.75, 3.05) is 24.6 Å². The van der Waals surface area contributed by atoms with E-state index in [-0.39, 0.29) is 5.91 Å². The van der Waals surface area contributed by atoms with Gasteiger partial charge in [-0.2, -0.15) is 0 Å². The van der Waals surface area contributed by atoms with Crippen molar-refractivity contribution in [3.63, 3.8) is 0 Å². The van der Waals surface area contributed by atoms with Crippen LogP contribution in [0.25, 0.3) is 0 Å². The maximum absolute atomic E-state index is 11.1. The van der Waals surface area contributed by atoms with Crippen LogP contribution < -0.4 is 10.6 Å². The average Bonchev–Trinajstić information content (AvgIpc) is 2.29. The first-order chi connectivity index (χ1) is 8.16. The number of aldehydes is 1. The molecule has 0 unspecified atom stereocenters. The maximum atomic E-state index is 11.1. The fraction of sp³-hybridized carbons (Fsp3) is 0.818. The Morgan fingerprint density at radius 3 is 2.47 bits per heavy atom. The molecule has 2 N–H and O–H groups in total. The van der Waals surface area contributed by atoms with Gasteiger partial charge in [-0.1, -0.05) is 35.4 Å². The molecular formula is C11H22N2O2S2. The van der Waals surface area contributed by atoms with Gasteiger partial charge in [0.05, 0.1) is 0 Å². The summed E-state index contributed by atoms with van der Waals surface area (Å²) in [6.07, 6.45) is 1.39. The highest BCUT2D eigenvalue weighted by Gasteiger charge is 1.99. The van der Waals surface area contributed by atoms with Gasteiger partial charge in [-0.15, -0.1) is 0 Å². The van der Waals surface area contributed by atoms with Crippen LogP contribution in [-0.4, -0.2) is 42.8 Å². The Morgan fingerprint density at radius 2 is 1.88 bits per heavy atom. The molecule has 0 heterocycles. The van der Waals surface area contributed by atoms with E-state index in [1.807, 2.05) is 10.8 Å². The van der Waals surface area contributed by atoms with Crippen LogP contribution in [0.3, 0.4) is 0 Å². The van der Waals surface area contributed by atoms with Gasteiger partial charge in [-0.05, 0) is 0 Å². The first-order valence-corrected chi connectivity index (χ1v) is 8.33. The molecule has 0 aliphatic rings. The number of rotatable bonds is 11. The van der Waals surface area contributed by atoms with Gasteiger partial charge >= 0.3 is 0 Å². The third-order valence-corrected chi connectivity index (χ3v) is 4.23. The first-order valence-electron chi connectivity index (χ1n) is 5.85. The van der Waals surface area contributed by atoms with Gasteiger partial charge < -0.3 is 15.4 Å². The van der Waals surface area contributed by atoms with E-state index in [9.17, 15) is 9.59 Å². The Morgan fingerprint density at radius 1 is 1.24 bits per heavy atom. The van der Waals surface area contributed by atoms with Crippen molar-refractivity contribution in [3.8, 4) is 0 Å². The summed E-state index contributed by atoms with van der Waals surface area (Å²) in [5.74, 6) is 1.94. The average molecular weight is 278 g/mol. The Labute approximate surface area is 111 Å². The van der Waals surface area contributed by atoms with E-state index in [4.69, 9.17) is 0 Å². The van der Waals surface area contributed by atoms with Crippen LogP contribution in [0.2, 0.25) is 0 Å². The molecule has 0 bridgehead atoms. The number of hydrogen-bond donors (Lipinski definition) is 2. The second-order valence-electron chi connectivity index (χ2n) is 3.81. The molecule has 0 aromatic rings. The molecule has 0 radical (unpaired) electrons. The number of carbonyl (C=O) groups is 2. The summed E-state index contributed by atoms with van der Waals surface area (Å²) in [4.78, 5) is 21.2. The zero-order valence-electron chi connectivity index (χ0n) is 10.5. The van der Waals surface area contributed by atoms with Gasteiger partial charge in [0.1, 0.15) is 6.29 Å². The Bertz CT molecular complexity index is 214. The summed E-state index contributed by atoms with van der Waals surface area (Å²) >= 11 is 0. The fourth-order valence-corrected chi connectivity index (χ4v) is 2.85. The molecule has 0 aromatic heterocycles. The molecule has 0 fully saturated rings. The molecule has 1 amide bonds. The van der Waals surface area contributed by atoms with E-state index >= 15 is 0 Å². The van der Waals surface area contributed by atoms with Crippen molar-refractivity contribution in [2.45, 2.75) is 32.7 Å². The summed E-state index contributed by atoms with van der Waals surface area (Å²) in [5.41, 5.74) is 0. The van der Waals surface area contributed by atoms with Crippen LogP contribution in [0, 0.1) is 0 Å². The van der Waals surface area contributed by atoms with E-state index < -0.39 is 0 Å². The fourth-order valence-electron chi connectivity index (χ4n) is 1.02. The SMILES string of the molecule is CC(C)NCCSSCCNC(=O)CCC=O. The zero-order chi connectivity index (χ0) is 12.9.